The smallest absolute Gasteiger partial charge is 0.258 e. The number of ether oxygens (including phenoxy) is 1. The number of rotatable bonds is 3. The van der Waals surface area contributed by atoms with E-state index in [0.29, 0.717) is 16.4 Å². The van der Waals surface area contributed by atoms with Crippen molar-refractivity contribution in [3.63, 3.8) is 0 Å². The first kappa shape index (κ1) is 15.6. The Morgan fingerprint density at radius 3 is 2.72 bits per heavy atom. The average molecular weight is 348 g/mol. The minimum Gasteiger partial charge on any atom is -0.494 e. The van der Waals surface area contributed by atoms with E-state index in [1.165, 1.54) is 11.3 Å². The molecular formula is C20H16N2O2S. The summed E-state index contributed by atoms with van der Waals surface area (Å²) in [5.74, 6) is 0.551. The highest BCUT2D eigenvalue weighted by Gasteiger charge is 2.15. The molecule has 0 saturated carbocycles. The molecule has 0 bridgehead atoms. The molecule has 1 amide bonds. The number of benzene rings is 3. The van der Waals surface area contributed by atoms with Crippen LogP contribution in [0.5, 0.6) is 5.75 Å². The summed E-state index contributed by atoms with van der Waals surface area (Å²) in [5, 5.41) is 5.47. The Bertz CT molecular complexity index is 1100. The Balaban J connectivity index is 1.73. The summed E-state index contributed by atoms with van der Waals surface area (Å²) in [5.41, 5.74) is 2.53. The number of amides is 1. The van der Waals surface area contributed by atoms with Gasteiger partial charge in [0.1, 0.15) is 11.3 Å². The quantitative estimate of drug-likeness (QED) is 0.566. The van der Waals surface area contributed by atoms with Crippen LogP contribution in [0.2, 0.25) is 0 Å². The maximum absolute atomic E-state index is 12.8. The number of methoxy groups -OCH3 is 1. The summed E-state index contributed by atoms with van der Waals surface area (Å²) in [6.45, 7) is 2.02. The molecule has 4 aromatic rings. The van der Waals surface area contributed by atoms with Gasteiger partial charge in [0.15, 0.2) is 5.13 Å². The van der Waals surface area contributed by atoms with Gasteiger partial charge in [-0.3, -0.25) is 10.1 Å². The van der Waals surface area contributed by atoms with Crippen LogP contribution >= 0.6 is 11.3 Å². The highest BCUT2D eigenvalue weighted by Crippen LogP contribution is 2.35. The molecule has 3 aromatic carbocycles. The maximum atomic E-state index is 12.8. The van der Waals surface area contributed by atoms with Crippen LogP contribution in [0.25, 0.3) is 21.0 Å². The van der Waals surface area contributed by atoms with Crippen LogP contribution in [-0.2, 0) is 0 Å². The Morgan fingerprint density at radius 1 is 1.08 bits per heavy atom. The Morgan fingerprint density at radius 2 is 1.88 bits per heavy atom. The molecule has 0 aliphatic heterocycles. The van der Waals surface area contributed by atoms with Gasteiger partial charge in [0.2, 0.25) is 0 Å². The van der Waals surface area contributed by atoms with E-state index in [1.807, 2.05) is 61.5 Å². The zero-order valence-electron chi connectivity index (χ0n) is 13.9. The number of aromatic nitrogens is 1. The molecule has 4 rings (SSSR count). The Labute approximate surface area is 149 Å². The third-order valence-corrected chi connectivity index (χ3v) is 5.28. The molecule has 0 aliphatic rings. The lowest BCUT2D eigenvalue weighted by atomic mass is 10.0. The first-order valence-corrected chi connectivity index (χ1v) is 8.72. The first-order chi connectivity index (χ1) is 12.2. The fourth-order valence-corrected chi connectivity index (χ4v) is 3.86. The first-order valence-electron chi connectivity index (χ1n) is 7.90. The second-order valence-corrected chi connectivity index (χ2v) is 6.76. The summed E-state index contributed by atoms with van der Waals surface area (Å²) in [6.07, 6.45) is 0. The van der Waals surface area contributed by atoms with E-state index < -0.39 is 0 Å². The number of hydrogen-bond acceptors (Lipinski definition) is 4. The van der Waals surface area contributed by atoms with Crippen LogP contribution < -0.4 is 10.1 Å². The van der Waals surface area contributed by atoms with Crippen LogP contribution in [0.15, 0.2) is 54.6 Å². The molecule has 0 aliphatic carbocycles. The van der Waals surface area contributed by atoms with E-state index in [0.717, 1.165) is 26.6 Å². The van der Waals surface area contributed by atoms with Crippen molar-refractivity contribution in [2.24, 2.45) is 0 Å². The van der Waals surface area contributed by atoms with Gasteiger partial charge in [0.25, 0.3) is 5.91 Å². The molecule has 1 N–H and O–H groups in total. The highest BCUT2D eigenvalue weighted by molar-refractivity contribution is 7.22. The van der Waals surface area contributed by atoms with Crippen molar-refractivity contribution in [2.45, 2.75) is 6.92 Å². The van der Waals surface area contributed by atoms with Crippen molar-refractivity contribution in [3.05, 3.63) is 65.7 Å². The zero-order valence-corrected chi connectivity index (χ0v) is 14.7. The van der Waals surface area contributed by atoms with Gasteiger partial charge in [-0.1, -0.05) is 53.8 Å². The van der Waals surface area contributed by atoms with Gasteiger partial charge in [-0.15, -0.1) is 0 Å². The molecule has 0 spiro atoms. The standard InChI is InChI=1S/C20H16N2O2S/c1-12-10-11-16(24-2)17-18(12)25-20(21-17)22-19(23)15-9-5-7-13-6-3-4-8-14(13)15/h3-11H,1-2H3,(H,21,22,23). The van der Waals surface area contributed by atoms with E-state index in [9.17, 15) is 4.79 Å². The van der Waals surface area contributed by atoms with Crippen LogP contribution in [0, 0.1) is 6.92 Å². The SMILES string of the molecule is COc1ccc(C)c2sc(NC(=O)c3cccc4ccccc34)nc12. The molecule has 0 unspecified atom stereocenters. The predicted octanol–water partition coefficient (Wildman–Crippen LogP) is 5.02. The molecule has 4 nitrogen and oxygen atoms in total. The molecule has 0 atom stereocenters. The number of anilines is 1. The van der Waals surface area contributed by atoms with E-state index >= 15 is 0 Å². The van der Waals surface area contributed by atoms with Crippen molar-refractivity contribution < 1.29 is 9.53 Å². The topological polar surface area (TPSA) is 51.2 Å². The Kier molecular flexibility index (Phi) is 3.86. The molecule has 25 heavy (non-hydrogen) atoms. The fraction of sp³-hybridized carbons (Fsp3) is 0.100. The van der Waals surface area contributed by atoms with Gasteiger partial charge < -0.3 is 4.74 Å². The van der Waals surface area contributed by atoms with E-state index in [1.54, 1.807) is 7.11 Å². The number of aryl methyl sites for hydroxylation is 1. The normalized spacial score (nSPS) is 11.0. The van der Waals surface area contributed by atoms with Gasteiger partial charge in [-0.2, -0.15) is 0 Å². The van der Waals surface area contributed by atoms with Crippen molar-refractivity contribution in [1.82, 2.24) is 4.98 Å². The van der Waals surface area contributed by atoms with E-state index in [2.05, 4.69) is 10.3 Å². The number of carbonyl (C=O) groups is 1. The van der Waals surface area contributed by atoms with Gasteiger partial charge in [-0.05, 0) is 35.4 Å². The fourth-order valence-electron chi connectivity index (χ4n) is 2.92. The lowest BCUT2D eigenvalue weighted by molar-refractivity contribution is 0.102. The number of nitrogens with one attached hydrogen (secondary N) is 1. The number of fused-ring (bicyclic) bond motifs is 2. The van der Waals surface area contributed by atoms with Crippen molar-refractivity contribution in [3.8, 4) is 5.75 Å². The summed E-state index contributed by atoms with van der Waals surface area (Å²) in [4.78, 5) is 17.3. The van der Waals surface area contributed by atoms with Gasteiger partial charge in [-0.25, -0.2) is 4.98 Å². The van der Waals surface area contributed by atoms with Crippen LogP contribution in [0.1, 0.15) is 15.9 Å². The van der Waals surface area contributed by atoms with E-state index in [-0.39, 0.29) is 5.91 Å². The number of hydrogen-bond donors (Lipinski definition) is 1. The number of nitrogens with zero attached hydrogens (tertiary/aromatic N) is 1. The van der Waals surface area contributed by atoms with Crippen molar-refractivity contribution in [1.29, 1.82) is 0 Å². The molecule has 124 valence electrons. The molecule has 0 saturated heterocycles. The lowest BCUT2D eigenvalue weighted by Crippen LogP contribution is -2.12. The third kappa shape index (κ3) is 2.72. The zero-order chi connectivity index (χ0) is 17.4. The van der Waals surface area contributed by atoms with Crippen LogP contribution in [0.4, 0.5) is 5.13 Å². The number of carbonyl (C=O) groups excluding carboxylic acids is 1. The second kappa shape index (κ2) is 6.18. The molecule has 1 heterocycles. The van der Waals surface area contributed by atoms with Gasteiger partial charge >= 0.3 is 0 Å². The minimum absolute atomic E-state index is 0.160. The second-order valence-electron chi connectivity index (χ2n) is 5.76. The predicted molar refractivity (Wildman–Crippen MR) is 103 cm³/mol. The summed E-state index contributed by atoms with van der Waals surface area (Å²) in [6, 6.07) is 17.5. The summed E-state index contributed by atoms with van der Waals surface area (Å²) < 4.78 is 6.40. The van der Waals surface area contributed by atoms with Crippen molar-refractivity contribution >= 4 is 43.4 Å². The largest absolute Gasteiger partial charge is 0.494 e. The summed E-state index contributed by atoms with van der Waals surface area (Å²) in [7, 11) is 1.62. The molecule has 0 radical (unpaired) electrons. The highest BCUT2D eigenvalue weighted by atomic mass is 32.1. The van der Waals surface area contributed by atoms with E-state index in [4.69, 9.17) is 4.74 Å². The maximum Gasteiger partial charge on any atom is 0.258 e. The van der Waals surface area contributed by atoms with Gasteiger partial charge in [0, 0.05) is 5.56 Å². The third-order valence-electron chi connectivity index (χ3n) is 4.18. The van der Waals surface area contributed by atoms with Gasteiger partial charge in [0.05, 0.1) is 11.8 Å². The Hall–Kier alpha value is -2.92. The minimum atomic E-state index is -0.160. The van der Waals surface area contributed by atoms with Crippen LogP contribution in [-0.4, -0.2) is 18.0 Å². The molecule has 1 aromatic heterocycles. The van der Waals surface area contributed by atoms with Crippen LogP contribution in [0.3, 0.4) is 0 Å². The number of thiazole rings is 1. The monoisotopic (exact) mass is 348 g/mol. The average Bonchev–Trinajstić information content (AvgIpc) is 3.06. The molecular weight excluding hydrogens is 332 g/mol. The molecule has 5 heteroatoms. The molecule has 0 fully saturated rings. The summed E-state index contributed by atoms with van der Waals surface area (Å²) >= 11 is 1.46. The lowest BCUT2D eigenvalue weighted by Gasteiger charge is -2.05. The van der Waals surface area contributed by atoms with Crippen molar-refractivity contribution in [2.75, 3.05) is 12.4 Å².